The van der Waals surface area contributed by atoms with Crippen LogP contribution in [0, 0.1) is 0 Å². The average Bonchev–Trinajstić information content (AvgIpc) is 3.20. The minimum absolute atomic E-state index is 0.0241. The molecule has 1 N–H and O–H groups in total. The molecule has 2 heterocycles. The van der Waals surface area contributed by atoms with E-state index in [4.69, 9.17) is 0 Å². The topological polar surface area (TPSA) is 76.3 Å². The van der Waals surface area contributed by atoms with Gasteiger partial charge in [-0.25, -0.2) is 4.79 Å². The third-order valence-corrected chi connectivity index (χ3v) is 5.25. The number of para-hydroxylation sites is 2. The second-order valence-electron chi connectivity index (χ2n) is 7.04. The minimum atomic E-state index is -0.152. The van der Waals surface area contributed by atoms with Crippen LogP contribution in [0.3, 0.4) is 0 Å². The van der Waals surface area contributed by atoms with E-state index in [-0.39, 0.29) is 23.9 Å². The molecule has 0 saturated heterocycles. The van der Waals surface area contributed by atoms with Crippen molar-refractivity contribution in [2.45, 2.75) is 26.3 Å². The Morgan fingerprint density at radius 1 is 1.11 bits per heavy atom. The standard InChI is InChI=1S/C21H22N4O3/c1-14(26)24-11-9-15-13-16(7-8-17(15)24)22-20(27)10-12-25-19-6-4-3-5-18(19)23(2)21(25)28/h3-8,13H,9-12H2,1-2H3,(H,22,27). The first-order valence-electron chi connectivity index (χ1n) is 9.31. The molecule has 0 fully saturated rings. The molecule has 0 aliphatic carbocycles. The van der Waals surface area contributed by atoms with Crippen LogP contribution < -0.4 is 15.9 Å². The van der Waals surface area contributed by atoms with Crippen molar-refractivity contribution >= 4 is 34.2 Å². The van der Waals surface area contributed by atoms with Gasteiger partial charge in [0.05, 0.1) is 11.0 Å². The summed E-state index contributed by atoms with van der Waals surface area (Å²) in [5.74, 6) is -0.128. The number of anilines is 2. The molecule has 2 amide bonds. The molecule has 4 rings (SSSR count). The van der Waals surface area contributed by atoms with Gasteiger partial charge in [0.25, 0.3) is 0 Å². The second-order valence-corrected chi connectivity index (χ2v) is 7.04. The average molecular weight is 378 g/mol. The fraction of sp³-hybridized carbons (Fsp3) is 0.286. The first-order valence-corrected chi connectivity index (χ1v) is 9.31. The summed E-state index contributed by atoms with van der Waals surface area (Å²) in [6.07, 6.45) is 0.981. The van der Waals surface area contributed by atoms with Crippen LogP contribution in [0.1, 0.15) is 18.9 Å². The SMILES string of the molecule is CC(=O)N1CCc2cc(NC(=O)CCn3c(=O)n(C)c4ccccc43)ccc21. The number of rotatable bonds is 4. The quantitative estimate of drug-likeness (QED) is 0.757. The maximum Gasteiger partial charge on any atom is 0.328 e. The molecule has 0 spiro atoms. The highest BCUT2D eigenvalue weighted by Gasteiger charge is 2.22. The molecule has 1 aliphatic rings. The molecule has 144 valence electrons. The van der Waals surface area contributed by atoms with E-state index < -0.39 is 0 Å². The van der Waals surface area contributed by atoms with E-state index in [0.29, 0.717) is 18.8 Å². The van der Waals surface area contributed by atoms with Crippen LogP contribution in [0.5, 0.6) is 0 Å². The number of hydrogen-bond donors (Lipinski definition) is 1. The molecule has 28 heavy (non-hydrogen) atoms. The number of nitrogens with one attached hydrogen (secondary N) is 1. The van der Waals surface area contributed by atoms with E-state index in [1.807, 2.05) is 42.5 Å². The highest BCUT2D eigenvalue weighted by atomic mass is 16.2. The predicted molar refractivity (Wildman–Crippen MR) is 109 cm³/mol. The molecule has 0 unspecified atom stereocenters. The number of aromatic nitrogens is 2. The largest absolute Gasteiger partial charge is 0.328 e. The zero-order valence-corrected chi connectivity index (χ0v) is 15.9. The number of carbonyl (C=O) groups is 2. The van der Waals surface area contributed by atoms with E-state index >= 15 is 0 Å². The summed E-state index contributed by atoms with van der Waals surface area (Å²) in [5, 5.41) is 2.90. The van der Waals surface area contributed by atoms with Gasteiger partial charge in [0.15, 0.2) is 0 Å². The first-order chi connectivity index (χ1) is 13.5. The van der Waals surface area contributed by atoms with E-state index in [2.05, 4.69) is 5.32 Å². The highest BCUT2D eigenvalue weighted by molar-refractivity contribution is 5.95. The molecule has 7 nitrogen and oxygen atoms in total. The van der Waals surface area contributed by atoms with Crippen LogP contribution in [-0.4, -0.2) is 27.5 Å². The van der Waals surface area contributed by atoms with Crippen molar-refractivity contribution in [3.8, 4) is 0 Å². The molecular weight excluding hydrogens is 356 g/mol. The number of aryl methyl sites for hydroxylation is 2. The molecular formula is C21H22N4O3. The van der Waals surface area contributed by atoms with Gasteiger partial charge in [0.1, 0.15) is 0 Å². The summed E-state index contributed by atoms with van der Waals surface area (Å²) < 4.78 is 3.22. The van der Waals surface area contributed by atoms with Crippen LogP contribution in [0.2, 0.25) is 0 Å². The Labute approximate surface area is 162 Å². The number of hydrogen-bond acceptors (Lipinski definition) is 3. The zero-order valence-electron chi connectivity index (χ0n) is 15.9. The van der Waals surface area contributed by atoms with Crippen molar-refractivity contribution in [2.75, 3.05) is 16.8 Å². The summed E-state index contributed by atoms with van der Waals surface area (Å²) in [6, 6.07) is 13.1. The number of fused-ring (bicyclic) bond motifs is 2. The third-order valence-electron chi connectivity index (χ3n) is 5.25. The van der Waals surface area contributed by atoms with Gasteiger partial charge in [-0.3, -0.25) is 18.7 Å². The molecule has 2 aromatic carbocycles. The summed E-state index contributed by atoms with van der Waals surface area (Å²) in [5.41, 5.74) is 4.22. The molecule has 1 aromatic heterocycles. The van der Waals surface area contributed by atoms with Gasteiger partial charge in [0, 0.05) is 44.9 Å². The van der Waals surface area contributed by atoms with Crippen molar-refractivity contribution in [1.29, 1.82) is 0 Å². The van der Waals surface area contributed by atoms with Gasteiger partial charge < -0.3 is 10.2 Å². The van der Waals surface area contributed by atoms with Gasteiger partial charge in [-0.15, -0.1) is 0 Å². The third kappa shape index (κ3) is 3.09. The highest BCUT2D eigenvalue weighted by Crippen LogP contribution is 2.30. The summed E-state index contributed by atoms with van der Waals surface area (Å²) in [4.78, 5) is 38.2. The van der Waals surface area contributed by atoms with Crippen molar-refractivity contribution in [2.24, 2.45) is 7.05 Å². The predicted octanol–water partition coefficient (Wildman–Crippen LogP) is 2.28. The minimum Gasteiger partial charge on any atom is -0.326 e. The van der Waals surface area contributed by atoms with E-state index in [1.165, 1.54) is 0 Å². The van der Waals surface area contributed by atoms with Crippen LogP contribution in [0.15, 0.2) is 47.3 Å². The normalized spacial score (nSPS) is 13.0. The number of carbonyl (C=O) groups excluding carboxylic acids is 2. The molecule has 1 aliphatic heterocycles. The monoisotopic (exact) mass is 378 g/mol. The van der Waals surface area contributed by atoms with Crippen molar-refractivity contribution in [1.82, 2.24) is 9.13 Å². The Morgan fingerprint density at radius 3 is 2.61 bits per heavy atom. The van der Waals surface area contributed by atoms with Gasteiger partial charge in [-0.05, 0) is 42.3 Å². The summed E-state index contributed by atoms with van der Waals surface area (Å²) in [6.45, 7) is 2.54. The lowest BCUT2D eigenvalue weighted by Crippen LogP contribution is -2.25. The van der Waals surface area contributed by atoms with Crippen LogP contribution in [0.4, 0.5) is 11.4 Å². The van der Waals surface area contributed by atoms with E-state index in [0.717, 1.165) is 28.7 Å². The Kier molecular flexibility index (Phi) is 4.50. The zero-order chi connectivity index (χ0) is 19.8. The van der Waals surface area contributed by atoms with Crippen molar-refractivity contribution in [3.63, 3.8) is 0 Å². The molecule has 0 radical (unpaired) electrons. The maximum absolute atomic E-state index is 12.4. The van der Waals surface area contributed by atoms with Crippen molar-refractivity contribution in [3.05, 3.63) is 58.5 Å². The maximum atomic E-state index is 12.4. The molecule has 0 atom stereocenters. The van der Waals surface area contributed by atoms with Gasteiger partial charge in [0.2, 0.25) is 11.8 Å². The summed E-state index contributed by atoms with van der Waals surface area (Å²) in [7, 11) is 1.73. The van der Waals surface area contributed by atoms with Gasteiger partial charge in [-0.2, -0.15) is 0 Å². The smallest absolute Gasteiger partial charge is 0.326 e. The second kappa shape index (κ2) is 6.99. The molecule has 7 heteroatoms. The Morgan fingerprint density at radius 2 is 1.86 bits per heavy atom. The first kappa shape index (κ1) is 18.0. The lowest BCUT2D eigenvalue weighted by atomic mass is 10.1. The summed E-state index contributed by atoms with van der Waals surface area (Å²) >= 11 is 0. The van der Waals surface area contributed by atoms with E-state index in [1.54, 1.807) is 28.0 Å². The Hall–Kier alpha value is -3.35. The van der Waals surface area contributed by atoms with Gasteiger partial charge >= 0.3 is 5.69 Å². The number of amides is 2. The van der Waals surface area contributed by atoms with E-state index in [9.17, 15) is 14.4 Å². The molecule has 3 aromatic rings. The fourth-order valence-corrected chi connectivity index (χ4v) is 3.82. The van der Waals surface area contributed by atoms with Crippen LogP contribution in [0.25, 0.3) is 11.0 Å². The molecule has 0 saturated carbocycles. The lowest BCUT2D eigenvalue weighted by molar-refractivity contribution is -0.117. The Bertz CT molecular complexity index is 1140. The number of imidazole rings is 1. The Balaban J connectivity index is 1.46. The number of benzene rings is 2. The fourth-order valence-electron chi connectivity index (χ4n) is 3.82. The van der Waals surface area contributed by atoms with Crippen LogP contribution >= 0.6 is 0 Å². The molecule has 0 bridgehead atoms. The number of nitrogens with zero attached hydrogens (tertiary/aromatic N) is 3. The van der Waals surface area contributed by atoms with Crippen LogP contribution in [-0.2, 0) is 29.6 Å². The lowest BCUT2D eigenvalue weighted by Gasteiger charge is -2.15. The van der Waals surface area contributed by atoms with Crippen molar-refractivity contribution < 1.29 is 9.59 Å². The van der Waals surface area contributed by atoms with Gasteiger partial charge in [-0.1, -0.05) is 12.1 Å².